The fourth-order valence-corrected chi connectivity index (χ4v) is 2.46. The second-order valence-corrected chi connectivity index (χ2v) is 6.60. The van der Waals surface area contributed by atoms with Crippen LogP contribution in [0.4, 0.5) is 19.4 Å². The van der Waals surface area contributed by atoms with E-state index in [9.17, 15) is 29.0 Å². The van der Waals surface area contributed by atoms with E-state index in [1.807, 2.05) is 0 Å². The minimum absolute atomic E-state index is 0.0410. The lowest BCUT2D eigenvalue weighted by Gasteiger charge is -2.39. The van der Waals surface area contributed by atoms with Crippen LogP contribution in [-0.2, 0) is 4.74 Å². The Morgan fingerprint density at radius 3 is 2.29 bits per heavy atom. The molecule has 1 aromatic heterocycles. The van der Waals surface area contributed by atoms with Gasteiger partial charge < -0.3 is 9.72 Å². The first-order valence-electron chi connectivity index (χ1n) is 5.31. The summed E-state index contributed by atoms with van der Waals surface area (Å²) in [4.78, 5) is 21.7. The topological polar surface area (TPSA) is 59.2 Å². The Morgan fingerprint density at radius 2 is 1.76 bits per heavy atom. The van der Waals surface area contributed by atoms with E-state index in [2.05, 4.69) is 4.74 Å². The Kier molecular flexibility index (Phi) is 2.73. The van der Waals surface area contributed by atoms with Gasteiger partial charge in [0, 0.05) is 5.52 Å². The molecule has 0 spiro atoms. The van der Waals surface area contributed by atoms with Crippen LogP contribution in [0.5, 0.6) is 0 Å². The molecule has 1 aromatic carbocycles. The highest BCUT2D eigenvalue weighted by Gasteiger charge is 2.67. The summed E-state index contributed by atoms with van der Waals surface area (Å²) in [6.07, 6.45) is 0. The number of benzene rings is 1. The lowest BCUT2D eigenvalue weighted by molar-refractivity contribution is 0.0601. The summed E-state index contributed by atoms with van der Waals surface area (Å²) in [6.45, 7) is 0. The van der Waals surface area contributed by atoms with Gasteiger partial charge in [0.05, 0.1) is 12.7 Å². The Balaban J connectivity index is 2.76. The Labute approximate surface area is 114 Å². The number of rotatable bonds is 2. The molecule has 2 aromatic rings. The van der Waals surface area contributed by atoms with Gasteiger partial charge in [-0.1, -0.05) is 25.5 Å². The number of aromatic nitrogens is 1. The number of methoxy groups -OCH3 is 1. The van der Waals surface area contributed by atoms with Crippen molar-refractivity contribution in [2.75, 3.05) is 7.11 Å². The predicted octanol–water partition coefficient (Wildman–Crippen LogP) is 3.97. The van der Waals surface area contributed by atoms with Gasteiger partial charge in [0.1, 0.15) is 0 Å². The Morgan fingerprint density at radius 1 is 1.14 bits per heavy atom. The number of fused-ring (bicyclic) bond motifs is 1. The van der Waals surface area contributed by atoms with Crippen LogP contribution in [-0.4, -0.2) is 18.1 Å². The number of nitrogens with one attached hydrogen (secondary N) is 1. The van der Waals surface area contributed by atoms with Crippen molar-refractivity contribution in [2.45, 2.75) is 4.90 Å². The molecule has 0 saturated heterocycles. The zero-order valence-corrected chi connectivity index (χ0v) is 11.1. The fraction of sp³-hybridized carbons (Fsp3) is 0.0909. The molecule has 10 heteroatoms. The van der Waals surface area contributed by atoms with E-state index >= 15 is 0 Å². The lowest BCUT2D eigenvalue weighted by Crippen LogP contribution is -2.20. The third-order valence-corrected chi connectivity index (χ3v) is 3.78. The van der Waals surface area contributed by atoms with Crippen molar-refractivity contribution >= 4 is 27.1 Å². The highest BCUT2D eigenvalue weighted by molar-refractivity contribution is 8.45. The van der Waals surface area contributed by atoms with Crippen LogP contribution in [0.1, 0.15) is 10.4 Å². The van der Waals surface area contributed by atoms with Gasteiger partial charge in [-0.15, -0.1) is 0 Å². The molecule has 0 bridgehead atoms. The first-order valence-corrected chi connectivity index (χ1v) is 7.26. The van der Waals surface area contributed by atoms with E-state index in [1.165, 1.54) is 0 Å². The fourth-order valence-electron chi connectivity index (χ4n) is 1.71. The van der Waals surface area contributed by atoms with E-state index in [1.54, 1.807) is 4.98 Å². The summed E-state index contributed by atoms with van der Waals surface area (Å²) in [7, 11) is -9.00. The molecule has 2 rings (SSSR count). The normalized spacial score (nSPS) is 15.3. The largest absolute Gasteiger partial charge is 0.465 e. The number of hydrogen-bond acceptors (Lipinski definition) is 3. The van der Waals surface area contributed by atoms with E-state index in [0.29, 0.717) is 0 Å². The minimum Gasteiger partial charge on any atom is -0.465 e. The van der Waals surface area contributed by atoms with E-state index < -0.39 is 26.6 Å². The average molecular weight is 329 g/mol. The standard InChI is InChI=1S/C11H8F5NO3S/c1-20-11(19)7-3-2-6-5-9(21(12,13,14,15)16)10(18)17-8(6)4-7/h2-5H,1H3,(H,17,18). The van der Waals surface area contributed by atoms with E-state index in [4.69, 9.17) is 0 Å². The molecule has 21 heavy (non-hydrogen) atoms. The van der Waals surface area contributed by atoms with Crippen LogP contribution >= 0.6 is 10.2 Å². The third-order valence-electron chi connectivity index (χ3n) is 2.65. The van der Waals surface area contributed by atoms with Crippen LogP contribution in [0.2, 0.25) is 0 Å². The van der Waals surface area contributed by atoms with Gasteiger partial charge in [-0.3, -0.25) is 4.79 Å². The van der Waals surface area contributed by atoms with Gasteiger partial charge in [0.15, 0.2) is 4.90 Å². The van der Waals surface area contributed by atoms with Crippen molar-refractivity contribution in [3.8, 4) is 0 Å². The molecule has 0 amide bonds. The number of esters is 1. The first-order chi connectivity index (χ1) is 9.31. The number of hydrogen-bond donors (Lipinski definition) is 1. The lowest BCUT2D eigenvalue weighted by atomic mass is 10.1. The molecule has 1 N–H and O–H groups in total. The van der Waals surface area contributed by atoms with Crippen molar-refractivity contribution in [1.82, 2.24) is 4.98 Å². The maximum atomic E-state index is 12.7. The molecule has 0 unspecified atom stereocenters. The number of halogens is 5. The molecular weight excluding hydrogens is 321 g/mol. The van der Waals surface area contributed by atoms with Gasteiger partial charge >= 0.3 is 16.2 Å². The Bertz CT molecular complexity index is 813. The molecule has 116 valence electrons. The summed E-state index contributed by atoms with van der Waals surface area (Å²) in [5.74, 6) is -0.783. The summed E-state index contributed by atoms with van der Waals surface area (Å²) in [5.41, 5.74) is -2.20. The highest BCUT2D eigenvalue weighted by Crippen LogP contribution is 3.01. The van der Waals surface area contributed by atoms with Gasteiger partial charge in [-0.2, -0.15) is 0 Å². The molecule has 1 heterocycles. The van der Waals surface area contributed by atoms with Crippen molar-refractivity contribution in [3.05, 3.63) is 40.2 Å². The first kappa shape index (κ1) is 15.3. The molecule has 0 aliphatic heterocycles. The second kappa shape index (κ2) is 3.75. The zero-order chi connectivity index (χ0) is 16.1. The number of H-pyrrole nitrogens is 1. The molecule has 0 aliphatic rings. The summed E-state index contributed by atoms with van der Waals surface area (Å²) < 4.78 is 67.9. The Hall–Kier alpha value is -2.10. The smallest absolute Gasteiger partial charge is 0.337 e. The quantitative estimate of drug-likeness (QED) is 0.670. The predicted molar refractivity (Wildman–Crippen MR) is 67.3 cm³/mol. The third kappa shape index (κ3) is 2.99. The van der Waals surface area contributed by atoms with Crippen molar-refractivity contribution in [3.63, 3.8) is 0 Å². The van der Waals surface area contributed by atoms with E-state index in [0.717, 1.165) is 25.3 Å². The van der Waals surface area contributed by atoms with Gasteiger partial charge in [0.25, 0.3) is 5.56 Å². The zero-order valence-electron chi connectivity index (χ0n) is 10.3. The number of pyridine rings is 1. The number of ether oxygens (including phenoxy) is 1. The molecule has 0 fully saturated rings. The van der Waals surface area contributed by atoms with Crippen LogP contribution < -0.4 is 5.56 Å². The van der Waals surface area contributed by atoms with Crippen molar-refractivity contribution in [1.29, 1.82) is 0 Å². The maximum absolute atomic E-state index is 12.7. The van der Waals surface area contributed by atoms with Crippen LogP contribution in [0.25, 0.3) is 10.9 Å². The number of carbonyl (C=O) groups excluding carboxylic acids is 1. The molecule has 0 radical (unpaired) electrons. The molecule has 0 aliphatic carbocycles. The number of aromatic amines is 1. The molecule has 4 nitrogen and oxygen atoms in total. The second-order valence-electron chi connectivity index (χ2n) is 4.23. The van der Waals surface area contributed by atoms with Gasteiger partial charge in [-0.25, -0.2) is 4.79 Å². The maximum Gasteiger partial charge on any atom is 0.337 e. The highest BCUT2D eigenvalue weighted by atomic mass is 32.5. The molecule has 0 saturated carbocycles. The SMILES string of the molecule is COC(=O)c1ccc2cc(S(F)(F)(F)(F)F)c(=O)[nH]c2c1. The summed E-state index contributed by atoms with van der Waals surface area (Å²) >= 11 is 0. The van der Waals surface area contributed by atoms with Gasteiger partial charge in [0.2, 0.25) is 0 Å². The number of carbonyl (C=O) groups is 1. The summed E-state index contributed by atoms with van der Waals surface area (Å²) in [5, 5.41) is -0.287. The molecule has 0 atom stereocenters. The van der Waals surface area contributed by atoms with Crippen molar-refractivity contribution < 1.29 is 29.0 Å². The average Bonchev–Trinajstić information content (AvgIpc) is 2.33. The van der Waals surface area contributed by atoms with Crippen LogP contribution in [0.3, 0.4) is 0 Å². The minimum atomic E-state index is -10.1. The van der Waals surface area contributed by atoms with Crippen LogP contribution in [0, 0.1) is 0 Å². The summed E-state index contributed by atoms with van der Waals surface area (Å²) in [6, 6.07) is 3.21. The van der Waals surface area contributed by atoms with Crippen LogP contribution in [0.15, 0.2) is 34.0 Å². The van der Waals surface area contributed by atoms with Gasteiger partial charge in [-0.05, 0) is 23.6 Å². The van der Waals surface area contributed by atoms with E-state index in [-0.39, 0.29) is 22.5 Å². The van der Waals surface area contributed by atoms with Crippen molar-refractivity contribution in [2.24, 2.45) is 0 Å². The molecular formula is C11H8F5NO3S. The monoisotopic (exact) mass is 329 g/mol.